The van der Waals surface area contributed by atoms with E-state index in [4.69, 9.17) is 0 Å². The number of amides is 2. The van der Waals surface area contributed by atoms with Gasteiger partial charge in [-0.15, -0.1) is 0 Å². The van der Waals surface area contributed by atoms with Crippen LogP contribution in [-0.4, -0.2) is 27.7 Å². The highest BCUT2D eigenvalue weighted by atomic mass is 32.2. The summed E-state index contributed by atoms with van der Waals surface area (Å²) < 4.78 is 0. The Bertz CT molecular complexity index is 650. The topological polar surface area (TPSA) is 57.6 Å². The second kappa shape index (κ2) is 8.38. The number of carbonyl (C=O) groups is 2. The van der Waals surface area contributed by atoms with Gasteiger partial charge in [0, 0.05) is 6.54 Å². The summed E-state index contributed by atoms with van der Waals surface area (Å²) in [6.07, 6.45) is 5.90. The molecule has 0 aliphatic carbocycles. The number of thioether (sulfide) groups is 1. The molecule has 2 rings (SSSR count). The van der Waals surface area contributed by atoms with Gasteiger partial charge < -0.3 is 5.11 Å². The van der Waals surface area contributed by atoms with Gasteiger partial charge in [-0.1, -0.05) is 32.8 Å². The lowest BCUT2D eigenvalue weighted by Gasteiger charge is -2.15. The van der Waals surface area contributed by atoms with E-state index < -0.39 is 0 Å². The second-order valence-corrected chi connectivity index (χ2v) is 7.20. The maximum atomic E-state index is 12.5. The van der Waals surface area contributed by atoms with Crippen LogP contribution in [0.1, 0.15) is 50.7 Å². The normalized spacial score (nSPS) is 16.7. The van der Waals surface area contributed by atoms with Crippen molar-refractivity contribution in [1.82, 2.24) is 4.90 Å². The van der Waals surface area contributed by atoms with Crippen LogP contribution in [0, 0.1) is 12.8 Å². The molecule has 2 amide bonds. The standard InChI is InChI=1S/C19H25NO3S/c1-4-14(5-2)7-6-10-20-18(22)17(24-19(20)23)12-15-8-9-16(21)13(3)11-15/h8-9,11-12,14,21H,4-7,10H2,1-3H3/b17-12-. The number of imide groups is 1. The number of hydrogen-bond acceptors (Lipinski definition) is 4. The molecule has 1 aliphatic rings. The van der Waals surface area contributed by atoms with Crippen LogP contribution in [0.3, 0.4) is 0 Å². The van der Waals surface area contributed by atoms with Crippen molar-refractivity contribution in [3.8, 4) is 5.75 Å². The van der Waals surface area contributed by atoms with Crippen molar-refractivity contribution in [1.29, 1.82) is 0 Å². The zero-order valence-corrected chi connectivity index (χ0v) is 15.4. The Hall–Kier alpha value is -1.75. The number of nitrogens with zero attached hydrogens (tertiary/aromatic N) is 1. The van der Waals surface area contributed by atoms with Crippen LogP contribution in [0.2, 0.25) is 0 Å². The van der Waals surface area contributed by atoms with Crippen molar-refractivity contribution in [3.63, 3.8) is 0 Å². The van der Waals surface area contributed by atoms with Gasteiger partial charge >= 0.3 is 0 Å². The molecule has 0 atom stereocenters. The quantitative estimate of drug-likeness (QED) is 0.709. The lowest BCUT2D eigenvalue weighted by Crippen LogP contribution is -2.29. The molecule has 1 N–H and O–H groups in total. The molecule has 1 heterocycles. The zero-order valence-electron chi connectivity index (χ0n) is 14.5. The smallest absolute Gasteiger partial charge is 0.293 e. The first-order valence-electron chi connectivity index (χ1n) is 8.51. The molecular weight excluding hydrogens is 322 g/mol. The van der Waals surface area contributed by atoms with Gasteiger partial charge in [0.25, 0.3) is 11.1 Å². The number of hydrogen-bond donors (Lipinski definition) is 1. The van der Waals surface area contributed by atoms with Crippen LogP contribution in [0.25, 0.3) is 6.08 Å². The van der Waals surface area contributed by atoms with Gasteiger partial charge in [0.1, 0.15) is 5.75 Å². The van der Waals surface area contributed by atoms with Crippen molar-refractivity contribution in [2.75, 3.05) is 6.54 Å². The van der Waals surface area contributed by atoms with Crippen molar-refractivity contribution >= 4 is 29.0 Å². The molecule has 1 aromatic rings. The largest absolute Gasteiger partial charge is 0.508 e. The SMILES string of the molecule is CCC(CC)CCCN1C(=O)S/C(=C\c2ccc(O)c(C)c2)C1=O. The molecule has 4 nitrogen and oxygen atoms in total. The number of carbonyl (C=O) groups excluding carboxylic acids is 2. The molecule has 24 heavy (non-hydrogen) atoms. The fraction of sp³-hybridized carbons (Fsp3) is 0.474. The Balaban J connectivity index is 2.02. The molecule has 1 saturated heterocycles. The van der Waals surface area contributed by atoms with Crippen LogP contribution < -0.4 is 0 Å². The molecule has 130 valence electrons. The van der Waals surface area contributed by atoms with Gasteiger partial charge in [0.15, 0.2) is 0 Å². The maximum Gasteiger partial charge on any atom is 0.293 e. The number of phenols is 1. The maximum absolute atomic E-state index is 12.5. The highest BCUT2D eigenvalue weighted by molar-refractivity contribution is 8.18. The van der Waals surface area contributed by atoms with E-state index in [1.54, 1.807) is 31.2 Å². The lowest BCUT2D eigenvalue weighted by atomic mass is 9.97. The van der Waals surface area contributed by atoms with E-state index in [-0.39, 0.29) is 16.9 Å². The predicted octanol–water partition coefficient (Wildman–Crippen LogP) is 4.95. The number of aryl methyl sites for hydroxylation is 1. The van der Waals surface area contributed by atoms with Gasteiger partial charge in [-0.3, -0.25) is 14.5 Å². The van der Waals surface area contributed by atoms with Gasteiger partial charge in [0.2, 0.25) is 0 Å². The molecule has 1 fully saturated rings. The summed E-state index contributed by atoms with van der Waals surface area (Å²) in [7, 11) is 0. The third-order valence-electron chi connectivity index (χ3n) is 4.54. The van der Waals surface area contributed by atoms with Gasteiger partial charge in [-0.05, 0) is 66.8 Å². The monoisotopic (exact) mass is 347 g/mol. The van der Waals surface area contributed by atoms with Crippen molar-refractivity contribution < 1.29 is 14.7 Å². The minimum atomic E-state index is -0.208. The van der Waals surface area contributed by atoms with Crippen molar-refractivity contribution in [2.45, 2.75) is 46.5 Å². The first-order valence-corrected chi connectivity index (χ1v) is 9.32. The third kappa shape index (κ3) is 4.41. The Morgan fingerprint density at radius 2 is 1.96 bits per heavy atom. The van der Waals surface area contributed by atoms with E-state index in [0.717, 1.165) is 48.6 Å². The number of benzene rings is 1. The minimum absolute atomic E-state index is 0.189. The fourth-order valence-corrected chi connectivity index (χ4v) is 3.71. The Morgan fingerprint density at radius 1 is 1.25 bits per heavy atom. The number of phenolic OH excluding ortho intramolecular Hbond substituents is 1. The third-order valence-corrected chi connectivity index (χ3v) is 5.45. The van der Waals surface area contributed by atoms with Crippen LogP contribution in [-0.2, 0) is 4.79 Å². The molecule has 1 aromatic carbocycles. The molecule has 0 saturated carbocycles. The second-order valence-electron chi connectivity index (χ2n) is 6.20. The minimum Gasteiger partial charge on any atom is -0.508 e. The van der Waals surface area contributed by atoms with E-state index >= 15 is 0 Å². The predicted molar refractivity (Wildman–Crippen MR) is 98.8 cm³/mol. The zero-order chi connectivity index (χ0) is 17.7. The average molecular weight is 347 g/mol. The van der Waals surface area contributed by atoms with E-state index in [1.807, 2.05) is 0 Å². The molecule has 0 unspecified atom stereocenters. The summed E-state index contributed by atoms with van der Waals surface area (Å²) in [6, 6.07) is 5.14. The van der Waals surface area contributed by atoms with E-state index in [0.29, 0.717) is 17.4 Å². The summed E-state index contributed by atoms with van der Waals surface area (Å²) in [6.45, 7) is 6.65. The van der Waals surface area contributed by atoms with Crippen molar-refractivity contribution in [3.05, 3.63) is 34.2 Å². The van der Waals surface area contributed by atoms with Gasteiger partial charge in [0.05, 0.1) is 4.91 Å². The van der Waals surface area contributed by atoms with Crippen molar-refractivity contribution in [2.24, 2.45) is 5.92 Å². The van der Waals surface area contributed by atoms with Gasteiger partial charge in [-0.2, -0.15) is 0 Å². The molecular formula is C19H25NO3S. The Labute approximate surface area is 147 Å². The summed E-state index contributed by atoms with van der Waals surface area (Å²) in [5, 5.41) is 9.38. The number of aromatic hydroxyl groups is 1. The summed E-state index contributed by atoms with van der Waals surface area (Å²) in [5.74, 6) is 0.683. The highest BCUT2D eigenvalue weighted by Crippen LogP contribution is 2.33. The lowest BCUT2D eigenvalue weighted by molar-refractivity contribution is -0.122. The molecule has 0 aromatic heterocycles. The van der Waals surface area contributed by atoms with Crippen LogP contribution >= 0.6 is 11.8 Å². The van der Waals surface area contributed by atoms with Gasteiger partial charge in [-0.25, -0.2) is 0 Å². The molecule has 1 aliphatic heterocycles. The average Bonchev–Trinajstić information content (AvgIpc) is 2.82. The summed E-state index contributed by atoms with van der Waals surface area (Å²) >= 11 is 0.993. The molecule has 0 spiro atoms. The Morgan fingerprint density at radius 3 is 2.58 bits per heavy atom. The number of rotatable bonds is 7. The van der Waals surface area contributed by atoms with E-state index in [1.165, 1.54) is 4.90 Å². The summed E-state index contributed by atoms with van der Waals surface area (Å²) in [5.41, 5.74) is 1.56. The van der Waals surface area contributed by atoms with Crippen LogP contribution in [0.4, 0.5) is 4.79 Å². The first kappa shape index (κ1) is 18.6. The molecule has 5 heteroatoms. The van der Waals surface area contributed by atoms with Crippen LogP contribution in [0.15, 0.2) is 23.1 Å². The molecule has 0 radical (unpaired) electrons. The first-order chi connectivity index (χ1) is 11.5. The van der Waals surface area contributed by atoms with Crippen LogP contribution in [0.5, 0.6) is 5.75 Å². The highest BCUT2D eigenvalue weighted by Gasteiger charge is 2.34. The molecule has 0 bridgehead atoms. The van der Waals surface area contributed by atoms with E-state index in [2.05, 4.69) is 13.8 Å². The fourth-order valence-electron chi connectivity index (χ4n) is 2.85. The van der Waals surface area contributed by atoms with E-state index in [9.17, 15) is 14.7 Å². The Kier molecular flexibility index (Phi) is 6.49. The summed E-state index contributed by atoms with van der Waals surface area (Å²) in [4.78, 5) is 26.4.